The summed E-state index contributed by atoms with van der Waals surface area (Å²) in [7, 11) is 0. The number of carbonyl (C=O) groups is 1. The lowest BCUT2D eigenvalue weighted by Crippen LogP contribution is -2.43. The van der Waals surface area contributed by atoms with Crippen molar-refractivity contribution in [2.75, 3.05) is 42.5 Å². The second kappa shape index (κ2) is 9.68. The van der Waals surface area contributed by atoms with Gasteiger partial charge in [-0.15, -0.1) is 0 Å². The lowest BCUT2D eigenvalue weighted by Gasteiger charge is -2.40. The molecule has 1 spiro atoms. The minimum atomic E-state index is -0.528. The summed E-state index contributed by atoms with van der Waals surface area (Å²) >= 11 is 0. The molecule has 1 aliphatic heterocycles. The second-order valence-electron chi connectivity index (χ2n) is 10.3. The summed E-state index contributed by atoms with van der Waals surface area (Å²) in [5.41, 5.74) is 1.20. The van der Waals surface area contributed by atoms with Crippen LogP contribution in [0.5, 0.6) is 0 Å². The van der Waals surface area contributed by atoms with Crippen molar-refractivity contribution in [1.29, 1.82) is 5.26 Å². The molecule has 9 nitrogen and oxygen atoms in total. The molecule has 1 amide bonds. The maximum atomic E-state index is 12.6. The average Bonchev–Trinajstić information content (AvgIpc) is 3.17. The predicted octanol–water partition coefficient (Wildman–Crippen LogP) is 4.40. The van der Waals surface area contributed by atoms with Gasteiger partial charge in [0.25, 0.3) is 0 Å². The van der Waals surface area contributed by atoms with Crippen molar-refractivity contribution in [3.05, 3.63) is 35.8 Å². The molecule has 3 heterocycles. The number of hydrogen-bond donors (Lipinski definition) is 0. The first kappa shape index (κ1) is 24.7. The third kappa shape index (κ3) is 4.88. The largest absolute Gasteiger partial charge is 0.444 e. The van der Waals surface area contributed by atoms with Crippen LogP contribution in [0.1, 0.15) is 65.0 Å². The number of amides is 1. The number of ether oxygens (including phenoxy) is 1. The number of carbonyl (C=O) groups excluding carboxylic acids is 1. The van der Waals surface area contributed by atoms with Gasteiger partial charge in [0, 0.05) is 49.9 Å². The number of rotatable bonds is 7. The number of likely N-dealkylation sites (N-methyl/N-ethyl adjacent to an activating group) is 2. The van der Waals surface area contributed by atoms with Crippen molar-refractivity contribution in [2.24, 2.45) is 0 Å². The van der Waals surface area contributed by atoms with E-state index in [9.17, 15) is 10.1 Å². The van der Waals surface area contributed by atoms with E-state index in [1.807, 2.05) is 33.8 Å². The van der Waals surface area contributed by atoms with Crippen LogP contribution >= 0.6 is 0 Å². The van der Waals surface area contributed by atoms with Crippen molar-refractivity contribution in [3.8, 4) is 6.07 Å². The molecule has 0 bridgehead atoms. The van der Waals surface area contributed by atoms with Crippen molar-refractivity contribution in [2.45, 2.75) is 64.9 Å². The lowest BCUT2D eigenvalue weighted by atomic mass is 9.66. The Labute approximate surface area is 207 Å². The molecule has 2 aromatic heterocycles. The quantitative estimate of drug-likeness (QED) is 0.579. The molecular weight excluding hydrogens is 442 g/mol. The van der Waals surface area contributed by atoms with E-state index in [4.69, 9.17) is 9.72 Å². The summed E-state index contributed by atoms with van der Waals surface area (Å²) in [6, 6.07) is 5.74. The van der Waals surface area contributed by atoms with Gasteiger partial charge >= 0.3 is 6.09 Å². The molecular formula is C26H35N7O2. The van der Waals surface area contributed by atoms with Gasteiger partial charge in [-0.2, -0.15) is 5.26 Å². The van der Waals surface area contributed by atoms with E-state index in [-0.39, 0.29) is 11.5 Å². The van der Waals surface area contributed by atoms with E-state index in [1.165, 1.54) is 6.42 Å². The van der Waals surface area contributed by atoms with Crippen molar-refractivity contribution < 1.29 is 9.53 Å². The first-order valence-corrected chi connectivity index (χ1v) is 12.4. The van der Waals surface area contributed by atoms with Gasteiger partial charge in [0.1, 0.15) is 29.4 Å². The number of nitrogens with zero attached hydrogens (tertiary/aromatic N) is 7. The van der Waals surface area contributed by atoms with Crippen LogP contribution in [0, 0.1) is 11.3 Å². The highest BCUT2D eigenvalue weighted by molar-refractivity contribution is 5.74. The Morgan fingerprint density at radius 2 is 1.97 bits per heavy atom. The van der Waals surface area contributed by atoms with E-state index in [0.29, 0.717) is 25.2 Å². The zero-order valence-electron chi connectivity index (χ0n) is 21.4. The van der Waals surface area contributed by atoms with Gasteiger partial charge in [0.2, 0.25) is 0 Å². The highest BCUT2D eigenvalue weighted by Crippen LogP contribution is 2.56. The molecule has 2 aliphatic rings. The molecule has 0 saturated heterocycles. The Hall–Kier alpha value is -3.41. The summed E-state index contributed by atoms with van der Waals surface area (Å²) in [6.45, 7) is 13.0. The molecule has 1 aliphatic carbocycles. The predicted molar refractivity (Wildman–Crippen MR) is 135 cm³/mol. The summed E-state index contributed by atoms with van der Waals surface area (Å²) in [4.78, 5) is 32.7. The Bertz CT molecular complexity index is 1120. The van der Waals surface area contributed by atoms with Crippen LogP contribution in [-0.2, 0) is 10.2 Å². The van der Waals surface area contributed by atoms with Crippen molar-refractivity contribution in [1.82, 2.24) is 19.9 Å². The summed E-state index contributed by atoms with van der Waals surface area (Å²) in [6.07, 6.45) is 6.31. The van der Waals surface area contributed by atoms with E-state index in [2.05, 4.69) is 32.8 Å². The van der Waals surface area contributed by atoms with E-state index >= 15 is 0 Å². The normalized spacial score (nSPS) is 15.8. The molecule has 0 radical (unpaired) electrons. The van der Waals surface area contributed by atoms with Gasteiger partial charge in [-0.25, -0.2) is 19.7 Å². The first-order valence-electron chi connectivity index (χ1n) is 12.4. The van der Waals surface area contributed by atoms with E-state index < -0.39 is 5.60 Å². The van der Waals surface area contributed by atoms with Crippen LogP contribution in [0.15, 0.2) is 24.7 Å². The highest BCUT2D eigenvalue weighted by Gasteiger charge is 2.51. The molecule has 4 rings (SSSR count). The third-order valence-electron chi connectivity index (χ3n) is 6.87. The fraction of sp³-hybridized carbons (Fsp3) is 0.577. The molecule has 0 atom stereocenters. The topological polar surface area (TPSA) is 98.5 Å². The Kier molecular flexibility index (Phi) is 6.84. The molecule has 1 saturated carbocycles. The number of fused-ring (bicyclic) bond motifs is 2. The van der Waals surface area contributed by atoms with Gasteiger partial charge in [0.15, 0.2) is 0 Å². The van der Waals surface area contributed by atoms with Crippen LogP contribution in [-0.4, -0.2) is 64.3 Å². The molecule has 186 valence electrons. The first-order chi connectivity index (χ1) is 16.7. The van der Waals surface area contributed by atoms with Crippen LogP contribution in [0.4, 0.5) is 22.2 Å². The van der Waals surface area contributed by atoms with Crippen LogP contribution < -0.4 is 9.80 Å². The molecule has 9 heteroatoms. The fourth-order valence-corrected chi connectivity index (χ4v) is 4.94. The van der Waals surface area contributed by atoms with Crippen LogP contribution in [0.3, 0.4) is 0 Å². The number of hydrogen-bond acceptors (Lipinski definition) is 8. The standard InChI is InChI=1S/C26H35N7O2/c1-6-31(13-14-32(7-2)24(34)35-25(3,4)5)22-21-23(30-18-29-22)33(17-26(21)10-8-11-26)20-15-19(16-27)9-12-28-20/h9,12,15,18H,6-8,10-11,13-14,17H2,1-5H3. The maximum absolute atomic E-state index is 12.6. The third-order valence-corrected chi connectivity index (χ3v) is 6.87. The number of nitriles is 1. The average molecular weight is 478 g/mol. The molecule has 0 N–H and O–H groups in total. The maximum Gasteiger partial charge on any atom is 0.410 e. The molecule has 35 heavy (non-hydrogen) atoms. The van der Waals surface area contributed by atoms with Crippen molar-refractivity contribution >= 4 is 23.5 Å². The summed E-state index contributed by atoms with van der Waals surface area (Å²) < 4.78 is 5.58. The zero-order chi connectivity index (χ0) is 25.2. The van der Waals surface area contributed by atoms with Crippen LogP contribution in [0.25, 0.3) is 0 Å². The minimum absolute atomic E-state index is 0.0146. The van der Waals surface area contributed by atoms with Crippen molar-refractivity contribution in [3.63, 3.8) is 0 Å². The molecule has 0 aromatic carbocycles. The minimum Gasteiger partial charge on any atom is -0.444 e. The fourth-order valence-electron chi connectivity index (χ4n) is 4.94. The number of aromatic nitrogens is 3. The lowest BCUT2D eigenvalue weighted by molar-refractivity contribution is 0.0265. The van der Waals surface area contributed by atoms with E-state index in [0.717, 1.165) is 48.9 Å². The molecule has 2 aromatic rings. The molecule has 1 fully saturated rings. The number of anilines is 3. The Morgan fingerprint density at radius 1 is 1.20 bits per heavy atom. The monoisotopic (exact) mass is 477 g/mol. The highest BCUT2D eigenvalue weighted by atomic mass is 16.6. The molecule has 0 unspecified atom stereocenters. The summed E-state index contributed by atoms with van der Waals surface area (Å²) in [5, 5.41) is 9.37. The van der Waals surface area contributed by atoms with Gasteiger partial charge in [-0.1, -0.05) is 6.42 Å². The van der Waals surface area contributed by atoms with Crippen LogP contribution in [0.2, 0.25) is 0 Å². The van der Waals surface area contributed by atoms with Gasteiger partial charge in [0.05, 0.1) is 11.6 Å². The Balaban J connectivity index is 1.63. The number of pyridine rings is 1. The Morgan fingerprint density at radius 3 is 2.57 bits per heavy atom. The van der Waals surface area contributed by atoms with E-state index in [1.54, 1.807) is 23.5 Å². The summed E-state index contributed by atoms with van der Waals surface area (Å²) in [5.74, 6) is 2.54. The smallest absolute Gasteiger partial charge is 0.410 e. The second-order valence-corrected chi connectivity index (χ2v) is 10.3. The SMILES string of the molecule is CCN(CCN(CC)c1ncnc2c1C1(CCC1)CN2c1cc(C#N)ccn1)C(=O)OC(C)(C)C. The zero-order valence-corrected chi connectivity index (χ0v) is 21.4. The van der Waals surface area contributed by atoms with Gasteiger partial charge in [-0.3, -0.25) is 0 Å². The van der Waals surface area contributed by atoms with Gasteiger partial charge < -0.3 is 19.4 Å². The van der Waals surface area contributed by atoms with Gasteiger partial charge in [-0.05, 0) is 59.6 Å².